The van der Waals surface area contributed by atoms with Crippen LogP contribution in [0, 0.1) is 10.1 Å². The Morgan fingerprint density at radius 1 is 1.19 bits per heavy atom. The number of carbonyl (C=O) groups is 1. The summed E-state index contributed by atoms with van der Waals surface area (Å²) in [6, 6.07) is 9.47. The Morgan fingerprint density at radius 3 is 2.56 bits per heavy atom. The van der Waals surface area contributed by atoms with E-state index >= 15 is 0 Å². The smallest absolute Gasteiger partial charge is 0.276 e. The number of rotatable bonds is 9. The van der Waals surface area contributed by atoms with Crippen LogP contribution in [-0.2, 0) is 6.73 Å². The van der Waals surface area contributed by atoms with Crippen LogP contribution in [0.3, 0.4) is 0 Å². The first-order valence-electron chi connectivity index (χ1n) is 8.85. The van der Waals surface area contributed by atoms with Crippen LogP contribution in [0.1, 0.15) is 10.5 Å². The molecule has 0 bridgehead atoms. The Hall–Kier alpha value is -3.44. The van der Waals surface area contributed by atoms with Crippen molar-refractivity contribution in [3.8, 4) is 11.5 Å². The van der Waals surface area contributed by atoms with Gasteiger partial charge < -0.3 is 14.8 Å². The number of aromatic nitrogens is 2. The summed E-state index contributed by atoms with van der Waals surface area (Å²) in [7, 11) is 0. The third-order valence-corrected chi connectivity index (χ3v) is 4.46. The van der Waals surface area contributed by atoms with Gasteiger partial charge in [-0.1, -0.05) is 29.3 Å². The molecule has 32 heavy (non-hydrogen) atoms. The van der Waals surface area contributed by atoms with Crippen molar-refractivity contribution in [3.05, 3.63) is 74.5 Å². The normalized spacial score (nSPS) is 10.8. The van der Waals surface area contributed by atoms with Crippen LogP contribution in [0.25, 0.3) is 0 Å². The number of non-ortho nitro benzene ring substituents is 1. The summed E-state index contributed by atoms with van der Waals surface area (Å²) in [6.07, 6.45) is -1.30. The molecule has 3 aromatic rings. The second-order valence-electron chi connectivity index (χ2n) is 6.19. The molecule has 1 heterocycles. The highest BCUT2D eigenvalue weighted by Gasteiger charge is 2.16. The van der Waals surface area contributed by atoms with Crippen LogP contribution in [0.2, 0.25) is 10.0 Å². The van der Waals surface area contributed by atoms with E-state index in [1.807, 2.05) is 0 Å². The molecule has 0 unspecified atom stereocenters. The maximum absolute atomic E-state index is 12.5. The highest BCUT2D eigenvalue weighted by atomic mass is 35.5. The van der Waals surface area contributed by atoms with Gasteiger partial charge >= 0.3 is 0 Å². The predicted molar refractivity (Wildman–Crippen MR) is 112 cm³/mol. The van der Waals surface area contributed by atoms with E-state index in [0.717, 1.165) is 12.1 Å². The third kappa shape index (κ3) is 6.05. The fourth-order valence-electron chi connectivity index (χ4n) is 2.50. The van der Waals surface area contributed by atoms with Gasteiger partial charge in [-0.2, -0.15) is 5.10 Å². The SMILES string of the molecule is O=C(Nc1cc(OCC(F)F)cc([N+](=O)[O-])c1)c1ccn(COc2c(Cl)cccc2Cl)n1. The number of hydrogen-bond donors (Lipinski definition) is 1. The topological polar surface area (TPSA) is 109 Å². The van der Waals surface area contributed by atoms with Crippen molar-refractivity contribution in [1.29, 1.82) is 0 Å². The van der Waals surface area contributed by atoms with Gasteiger partial charge in [0.15, 0.2) is 18.2 Å². The molecule has 1 N–H and O–H groups in total. The Kier molecular flexibility index (Phi) is 7.44. The molecule has 3 rings (SSSR count). The van der Waals surface area contributed by atoms with Gasteiger partial charge in [-0.3, -0.25) is 14.9 Å². The molecular weight excluding hydrogens is 473 g/mol. The molecule has 0 aliphatic heterocycles. The summed E-state index contributed by atoms with van der Waals surface area (Å²) >= 11 is 12.1. The van der Waals surface area contributed by atoms with Crippen LogP contribution >= 0.6 is 23.2 Å². The number of carbonyl (C=O) groups excluding carboxylic acids is 1. The highest BCUT2D eigenvalue weighted by Crippen LogP contribution is 2.32. The maximum atomic E-state index is 12.5. The molecule has 168 valence electrons. The quantitative estimate of drug-likeness (QED) is 0.335. The molecule has 2 aromatic carbocycles. The van der Waals surface area contributed by atoms with Gasteiger partial charge in [0.05, 0.1) is 26.7 Å². The van der Waals surface area contributed by atoms with Gasteiger partial charge in [0.2, 0.25) is 0 Å². The first-order valence-corrected chi connectivity index (χ1v) is 9.60. The summed E-state index contributed by atoms with van der Waals surface area (Å²) in [6.45, 7) is -1.05. The number of nitro groups is 1. The van der Waals surface area contributed by atoms with Crippen LogP contribution in [0.15, 0.2) is 48.7 Å². The standard InChI is InChI=1S/C19H14Cl2F2N4O5/c20-14-2-1-3-15(21)18(14)32-10-26-5-4-16(25-26)19(28)24-11-6-12(27(29)30)8-13(7-11)31-9-17(22)23/h1-8,17H,9-10H2,(H,24,28). The molecule has 1 aromatic heterocycles. The lowest BCUT2D eigenvalue weighted by molar-refractivity contribution is -0.384. The molecule has 1 amide bonds. The first-order chi connectivity index (χ1) is 15.2. The van der Waals surface area contributed by atoms with E-state index in [1.54, 1.807) is 18.2 Å². The second-order valence-corrected chi connectivity index (χ2v) is 7.01. The van der Waals surface area contributed by atoms with Crippen molar-refractivity contribution >= 4 is 40.5 Å². The number of benzene rings is 2. The number of nitrogens with one attached hydrogen (secondary N) is 1. The first kappa shape index (κ1) is 23.2. The molecule has 0 aliphatic rings. The number of halogens is 4. The predicted octanol–water partition coefficient (Wildman–Crippen LogP) is 5.03. The van der Waals surface area contributed by atoms with Gasteiger partial charge in [0, 0.05) is 18.3 Å². The number of nitro benzene ring substituents is 1. The van der Waals surface area contributed by atoms with E-state index in [-0.39, 0.29) is 29.6 Å². The van der Waals surface area contributed by atoms with Gasteiger partial charge in [-0.25, -0.2) is 13.5 Å². The van der Waals surface area contributed by atoms with E-state index in [1.165, 1.54) is 23.0 Å². The maximum Gasteiger partial charge on any atom is 0.276 e. The van der Waals surface area contributed by atoms with Crippen LogP contribution in [-0.4, -0.2) is 33.6 Å². The van der Waals surface area contributed by atoms with Crippen LogP contribution < -0.4 is 14.8 Å². The Morgan fingerprint density at radius 2 is 1.91 bits per heavy atom. The number of para-hydroxylation sites is 1. The van der Waals surface area contributed by atoms with E-state index in [0.29, 0.717) is 10.0 Å². The molecular formula is C19H14Cl2F2N4O5. The average Bonchev–Trinajstić information content (AvgIpc) is 3.21. The molecule has 0 saturated carbocycles. The molecule has 0 fully saturated rings. The average molecular weight is 487 g/mol. The fraction of sp³-hybridized carbons (Fsp3) is 0.158. The summed E-state index contributed by atoms with van der Waals surface area (Å²) in [5.41, 5.74) is -0.495. The molecule has 0 spiro atoms. The van der Waals surface area contributed by atoms with E-state index in [2.05, 4.69) is 10.4 Å². The lowest BCUT2D eigenvalue weighted by Gasteiger charge is -2.10. The Bertz CT molecular complexity index is 1120. The molecule has 9 nitrogen and oxygen atoms in total. The Labute approximate surface area is 189 Å². The summed E-state index contributed by atoms with van der Waals surface area (Å²) in [5.74, 6) is -0.629. The Balaban J connectivity index is 1.69. The lowest BCUT2D eigenvalue weighted by Crippen LogP contribution is -2.15. The third-order valence-electron chi connectivity index (χ3n) is 3.87. The lowest BCUT2D eigenvalue weighted by atomic mass is 10.2. The fourth-order valence-corrected chi connectivity index (χ4v) is 3.01. The second kappa shape index (κ2) is 10.2. The summed E-state index contributed by atoms with van der Waals surface area (Å²) in [4.78, 5) is 22.8. The number of amides is 1. The zero-order valence-electron chi connectivity index (χ0n) is 16.0. The summed E-state index contributed by atoms with van der Waals surface area (Å²) in [5, 5.41) is 18.2. The number of nitrogens with zero attached hydrogens (tertiary/aromatic N) is 3. The van der Waals surface area contributed by atoms with Crippen LogP contribution in [0.4, 0.5) is 20.2 Å². The van der Waals surface area contributed by atoms with Crippen molar-refractivity contribution in [1.82, 2.24) is 9.78 Å². The number of hydrogen-bond acceptors (Lipinski definition) is 6. The number of alkyl halides is 2. The van der Waals surface area contributed by atoms with Crippen molar-refractivity contribution in [2.45, 2.75) is 13.2 Å². The van der Waals surface area contributed by atoms with Gasteiger partial charge in [0.25, 0.3) is 18.0 Å². The minimum absolute atomic E-state index is 0.0258. The molecule has 0 radical (unpaired) electrons. The van der Waals surface area contributed by atoms with E-state index in [9.17, 15) is 23.7 Å². The highest BCUT2D eigenvalue weighted by molar-refractivity contribution is 6.37. The van der Waals surface area contributed by atoms with Gasteiger partial charge in [-0.05, 0) is 18.2 Å². The zero-order valence-corrected chi connectivity index (χ0v) is 17.5. The van der Waals surface area contributed by atoms with Crippen molar-refractivity contribution in [2.24, 2.45) is 0 Å². The molecule has 13 heteroatoms. The minimum atomic E-state index is -2.76. The van der Waals surface area contributed by atoms with Crippen molar-refractivity contribution in [2.75, 3.05) is 11.9 Å². The number of ether oxygens (including phenoxy) is 2. The van der Waals surface area contributed by atoms with Crippen molar-refractivity contribution in [3.63, 3.8) is 0 Å². The minimum Gasteiger partial charge on any atom is -0.487 e. The van der Waals surface area contributed by atoms with Gasteiger partial charge in [-0.15, -0.1) is 0 Å². The van der Waals surface area contributed by atoms with E-state index in [4.69, 9.17) is 32.7 Å². The monoisotopic (exact) mass is 486 g/mol. The molecule has 0 atom stereocenters. The largest absolute Gasteiger partial charge is 0.487 e. The zero-order chi connectivity index (χ0) is 23.3. The number of anilines is 1. The molecule has 0 saturated heterocycles. The van der Waals surface area contributed by atoms with Crippen LogP contribution in [0.5, 0.6) is 11.5 Å². The summed E-state index contributed by atoms with van der Waals surface area (Å²) < 4.78 is 36.4. The van der Waals surface area contributed by atoms with Crippen molar-refractivity contribution < 1.29 is 28.0 Å². The molecule has 0 aliphatic carbocycles. The van der Waals surface area contributed by atoms with E-state index < -0.39 is 29.6 Å². The van der Waals surface area contributed by atoms with Gasteiger partial charge in [0.1, 0.15) is 12.4 Å².